The topological polar surface area (TPSA) is 83.0 Å². The third-order valence-corrected chi connectivity index (χ3v) is 4.97. The first-order valence-electron chi connectivity index (χ1n) is 9.68. The molecule has 0 bridgehead atoms. The second-order valence-corrected chi connectivity index (χ2v) is 7.10. The smallest absolute Gasteiger partial charge is 0.340 e. The van der Waals surface area contributed by atoms with Gasteiger partial charge >= 0.3 is 5.97 Å². The van der Waals surface area contributed by atoms with E-state index in [1.807, 2.05) is 44.2 Å². The number of hydrogen-bond donors (Lipinski definition) is 0. The molecule has 7 heteroatoms. The molecule has 0 aliphatic heterocycles. The van der Waals surface area contributed by atoms with Crippen molar-refractivity contribution in [2.24, 2.45) is 0 Å². The van der Waals surface area contributed by atoms with Gasteiger partial charge in [-0.05, 0) is 44.5 Å². The summed E-state index contributed by atoms with van der Waals surface area (Å²) in [5, 5.41) is 3.95. The molecule has 0 fully saturated rings. The third kappa shape index (κ3) is 4.00. The van der Waals surface area contributed by atoms with E-state index >= 15 is 0 Å². The fourth-order valence-corrected chi connectivity index (χ4v) is 3.30. The normalized spacial score (nSPS) is 12.0. The largest absolute Gasteiger partial charge is 0.449 e. The fraction of sp³-hybridized carbons (Fsp3) is 0.217. The summed E-state index contributed by atoms with van der Waals surface area (Å²) in [5.41, 5.74) is 4.28. The van der Waals surface area contributed by atoms with Gasteiger partial charge in [-0.15, -0.1) is 0 Å². The lowest BCUT2D eigenvalue weighted by atomic mass is 10.2. The van der Waals surface area contributed by atoms with Crippen LogP contribution in [0.1, 0.15) is 46.2 Å². The third-order valence-electron chi connectivity index (χ3n) is 4.97. The maximum atomic E-state index is 12.8. The number of benzene rings is 1. The predicted molar refractivity (Wildman–Crippen MR) is 111 cm³/mol. The minimum absolute atomic E-state index is 0.236. The van der Waals surface area contributed by atoms with Crippen molar-refractivity contribution in [2.75, 3.05) is 0 Å². The molecule has 0 saturated heterocycles. The maximum Gasteiger partial charge on any atom is 0.340 e. The van der Waals surface area contributed by atoms with Gasteiger partial charge in [-0.1, -0.05) is 35.5 Å². The number of carbonyl (C=O) groups excluding carboxylic acids is 1. The molecule has 1 aromatic carbocycles. The van der Waals surface area contributed by atoms with E-state index in [1.165, 1.54) is 5.56 Å². The van der Waals surface area contributed by atoms with Crippen molar-refractivity contribution in [2.45, 2.75) is 33.4 Å². The van der Waals surface area contributed by atoms with Gasteiger partial charge in [0.15, 0.2) is 6.10 Å². The molecule has 0 saturated carbocycles. The van der Waals surface area contributed by atoms with E-state index in [1.54, 1.807) is 25.4 Å². The molecule has 0 aliphatic rings. The van der Waals surface area contributed by atoms with E-state index in [-0.39, 0.29) is 5.89 Å². The molecule has 152 valence electrons. The van der Waals surface area contributed by atoms with E-state index < -0.39 is 12.1 Å². The van der Waals surface area contributed by atoms with E-state index in [0.29, 0.717) is 17.9 Å². The SMILES string of the molecule is Cc1cc(C(=O)OC(C)c2nc(-c3cccnc3)no2)c(C)n1Cc1ccccc1. The number of pyridine rings is 1. The molecule has 3 heterocycles. The van der Waals surface area contributed by atoms with Crippen molar-refractivity contribution in [3.63, 3.8) is 0 Å². The van der Waals surface area contributed by atoms with Gasteiger partial charge in [-0.2, -0.15) is 4.98 Å². The highest BCUT2D eigenvalue weighted by Crippen LogP contribution is 2.23. The van der Waals surface area contributed by atoms with Crippen molar-refractivity contribution < 1.29 is 14.1 Å². The summed E-state index contributed by atoms with van der Waals surface area (Å²) < 4.78 is 13.0. The van der Waals surface area contributed by atoms with Crippen LogP contribution in [0, 0.1) is 13.8 Å². The van der Waals surface area contributed by atoms with Crippen LogP contribution in [0.4, 0.5) is 0 Å². The summed E-state index contributed by atoms with van der Waals surface area (Å²) in [7, 11) is 0. The molecular formula is C23H22N4O3. The Morgan fingerprint density at radius 1 is 1.17 bits per heavy atom. The van der Waals surface area contributed by atoms with Crippen LogP contribution in [0.15, 0.2) is 65.4 Å². The monoisotopic (exact) mass is 402 g/mol. The lowest BCUT2D eigenvalue weighted by Crippen LogP contribution is -2.11. The van der Waals surface area contributed by atoms with Crippen LogP contribution in [-0.2, 0) is 11.3 Å². The van der Waals surface area contributed by atoms with E-state index in [9.17, 15) is 4.79 Å². The molecule has 0 N–H and O–H groups in total. The average Bonchev–Trinajstić information content (AvgIpc) is 3.36. The number of aryl methyl sites for hydroxylation is 1. The Morgan fingerprint density at radius 2 is 1.97 bits per heavy atom. The van der Waals surface area contributed by atoms with Gasteiger partial charge in [0.2, 0.25) is 5.82 Å². The number of hydrogen-bond acceptors (Lipinski definition) is 6. The maximum absolute atomic E-state index is 12.8. The molecule has 7 nitrogen and oxygen atoms in total. The van der Waals surface area contributed by atoms with Crippen LogP contribution in [0.2, 0.25) is 0 Å². The van der Waals surface area contributed by atoms with Crippen LogP contribution < -0.4 is 0 Å². The summed E-state index contributed by atoms with van der Waals surface area (Å²) in [6.07, 6.45) is 2.64. The second-order valence-electron chi connectivity index (χ2n) is 7.10. The molecule has 0 amide bonds. The fourth-order valence-electron chi connectivity index (χ4n) is 3.30. The number of nitrogens with zero attached hydrogens (tertiary/aromatic N) is 4. The van der Waals surface area contributed by atoms with Gasteiger partial charge in [-0.25, -0.2) is 4.79 Å². The summed E-state index contributed by atoms with van der Waals surface area (Å²) in [6.45, 7) is 6.31. The summed E-state index contributed by atoms with van der Waals surface area (Å²) in [4.78, 5) is 21.2. The lowest BCUT2D eigenvalue weighted by molar-refractivity contribution is 0.0264. The first-order valence-corrected chi connectivity index (χ1v) is 9.68. The molecule has 0 radical (unpaired) electrons. The van der Waals surface area contributed by atoms with Crippen LogP contribution in [0.5, 0.6) is 0 Å². The summed E-state index contributed by atoms with van der Waals surface area (Å²) in [5.74, 6) is 0.221. The first-order chi connectivity index (χ1) is 14.5. The van der Waals surface area contributed by atoms with Crippen LogP contribution in [0.3, 0.4) is 0 Å². The molecule has 0 spiro atoms. The molecule has 4 aromatic rings. The average molecular weight is 402 g/mol. The Labute approximate surface area is 174 Å². The van der Waals surface area contributed by atoms with Gasteiger partial charge in [-0.3, -0.25) is 4.98 Å². The Balaban J connectivity index is 1.49. The van der Waals surface area contributed by atoms with E-state index in [0.717, 1.165) is 17.0 Å². The Bertz CT molecular complexity index is 1150. The van der Waals surface area contributed by atoms with Crippen LogP contribution in [-0.4, -0.2) is 25.7 Å². The Hall–Kier alpha value is -3.74. The summed E-state index contributed by atoms with van der Waals surface area (Å²) in [6, 6.07) is 15.6. The number of carbonyl (C=O) groups is 1. The van der Waals surface area contributed by atoms with Crippen LogP contribution >= 0.6 is 0 Å². The Morgan fingerprint density at radius 3 is 2.70 bits per heavy atom. The molecule has 1 unspecified atom stereocenters. The minimum atomic E-state index is -0.674. The predicted octanol–water partition coefficient (Wildman–Crippen LogP) is 4.52. The highest BCUT2D eigenvalue weighted by Gasteiger charge is 2.23. The zero-order valence-corrected chi connectivity index (χ0v) is 17.1. The van der Waals surface area contributed by atoms with Gasteiger partial charge in [0, 0.05) is 35.9 Å². The minimum Gasteiger partial charge on any atom is -0.449 e. The molecule has 4 rings (SSSR count). The first kappa shape index (κ1) is 19.6. The number of rotatable bonds is 6. The van der Waals surface area contributed by atoms with E-state index in [4.69, 9.17) is 9.26 Å². The second kappa shape index (κ2) is 8.32. The highest BCUT2D eigenvalue weighted by molar-refractivity contribution is 5.91. The molecule has 3 aromatic heterocycles. The van der Waals surface area contributed by atoms with Crippen molar-refractivity contribution in [3.05, 3.63) is 89.3 Å². The number of esters is 1. The molecule has 1 atom stereocenters. The lowest BCUT2D eigenvalue weighted by Gasteiger charge is -2.11. The van der Waals surface area contributed by atoms with Gasteiger partial charge in [0.1, 0.15) is 0 Å². The zero-order chi connectivity index (χ0) is 21.1. The van der Waals surface area contributed by atoms with Crippen molar-refractivity contribution in [3.8, 4) is 11.4 Å². The van der Waals surface area contributed by atoms with Gasteiger partial charge in [0.25, 0.3) is 5.89 Å². The van der Waals surface area contributed by atoms with Crippen LogP contribution in [0.25, 0.3) is 11.4 Å². The van der Waals surface area contributed by atoms with Crippen molar-refractivity contribution >= 4 is 5.97 Å². The Kier molecular flexibility index (Phi) is 5.43. The molecule has 30 heavy (non-hydrogen) atoms. The zero-order valence-electron chi connectivity index (χ0n) is 17.1. The molecule has 0 aliphatic carbocycles. The molecular weight excluding hydrogens is 380 g/mol. The van der Waals surface area contributed by atoms with Gasteiger partial charge < -0.3 is 13.8 Å². The quantitative estimate of drug-likeness (QED) is 0.441. The van der Waals surface area contributed by atoms with E-state index in [2.05, 4.69) is 31.8 Å². The van der Waals surface area contributed by atoms with Gasteiger partial charge in [0.05, 0.1) is 5.56 Å². The highest BCUT2D eigenvalue weighted by atomic mass is 16.6. The summed E-state index contributed by atoms with van der Waals surface area (Å²) >= 11 is 0. The van der Waals surface area contributed by atoms with Crippen molar-refractivity contribution in [1.82, 2.24) is 19.7 Å². The number of ether oxygens (including phenoxy) is 1. The standard InChI is InChI=1S/C23H22N4O3/c1-15-12-20(16(2)27(15)14-18-8-5-4-6-9-18)23(28)29-17(3)22-25-21(26-30-22)19-10-7-11-24-13-19/h4-13,17H,14H2,1-3H3. The van der Waals surface area contributed by atoms with Crippen molar-refractivity contribution in [1.29, 1.82) is 0 Å². The number of aromatic nitrogens is 4.